The monoisotopic (exact) mass is 364 g/mol. The highest BCUT2D eigenvalue weighted by Crippen LogP contribution is 2.25. The average molecular weight is 364 g/mol. The zero-order valence-corrected chi connectivity index (χ0v) is 16.7. The van der Waals surface area contributed by atoms with Crippen LogP contribution in [0, 0.1) is 6.92 Å². The molecule has 0 saturated heterocycles. The molecule has 0 amide bonds. The van der Waals surface area contributed by atoms with Gasteiger partial charge in [-0.1, -0.05) is 29.8 Å². The van der Waals surface area contributed by atoms with E-state index in [1.807, 2.05) is 31.2 Å². The molecule has 1 heterocycles. The van der Waals surface area contributed by atoms with Crippen LogP contribution in [0.25, 0.3) is 22.3 Å². The van der Waals surface area contributed by atoms with E-state index in [1.54, 1.807) is 0 Å². The Bertz CT molecular complexity index is 956. The summed E-state index contributed by atoms with van der Waals surface area (Å²) >= 11 is 0. The highest BCUT2D eigenvalue weighted by atomic mass is 16.5. The molecule has 0 saturated carbocycles. The largest absolute Gasteiger partial charge is 0.494 e. The summed E-state index contributed by atoms with van der Waals surface area (Å²) in [6.45, 7) is 6.51. The van der Waals surface area contributed by atoms with Gasteiger partial charge in [-0.15, -0.1) is 0 Å². The predicted octanol–water partition coefficient (Wildman–Crippen LogP) is 4.66. The second kappa shape index (κ2) is 8.87. The maximum absolute atomic E-state index is 6.18. The highest BCUT2D eigenvalue weighted by Gasteiger charge is 2.07. The van der Waals surface area contributed by atoms with Crippen molar-refractivity contribution in [1.82, 2.24) is 4.90 Å². The van der Waals surface area contributed by atoms with Crippen molar-refractivity contribution in [2.24, 2.45) is 4.99 Å². The van der Waals surface area contributed by atoms with Gasteiger partial charge >= 0.3 is 0 Å². The lowest BCUT2D eigenvalue weighted by molar-refractivity contribution is 0.340. The predicted molar refractivity (Wildman–Crippen MR) is 111 cm³/mol. The number of nitrogens with zero attached hydrogens (tertiary/aromatic N) is 2. The number of ether oxygens (including phenoxy) is 1. The molecule has 0 spiro atoms. The van der Waals surface area contributed by atoms with E-state index in [2.05, 4.69) is 50.2 Å². The van der Waals surface area contributed by atoms with Gasteiger partial charge in [0.2, 0.25) is 0 Å². The van der Waals surface area contributed by atoms with E-state index in [0.29, 0.717) is 6.61 Å². The van der Waals surface area contributed by atoms with Gasteiger partial charge in [0.1, 0.15) is 17.1 Å². The molecule has 0 bridgehead atoms. The third kappa shape index (κ3) is 4.98. The third-order valence-corrected chi connectivity index (χ3v) is 4.41. The fraction of sp³-hybridized carbons (Fsp3) is 0.348. The minimum atomic E-state index is 0.638. The first-order chi connectivity index (χ1) is 13.1. The van der Waals surface area contributed by atoms with Gasteiger partial charge < -0.3 is 14.1 Å². The van der Waals surface area contributed by atoms with E-state index in [9.17, 15) is 0 Å². The zero-order chi connectivity index (χ0) is 19.2. The lowest BCUT2D eigenvalue weighted by Crippen LogP contribution is -2.14. The molecule has 2 aromatic carbocycles. The number of aryl methyl sites for hydroxylation is 1. The van der Waals surface area contributed by atoms with Crippen molar-refractivity contribution >= 4 is 11.0 Å². The van der Waals surface area contributed by atoms with Crippen LogP contribution >= 0.6 is 0 Å². The van der Waals surface area contributed by atoms with Crippen LogP contribution in [-0.4, -0.2) is 38.7 Å². The quantitative estimate of drug-likeness (QED) is 0.572. The lowest BCUT2D eigenvalue weighted by atomic mass is 10.1. The number of hydrogen-bond acceptors (Lipinski definition) is 4. The summed E-state index contributed by atoms with van der Waals surface area (Å²) in [5, 5.41) is 1.94. The molecular weight excluding hydrogens is 336 g/mol. The van der Waals surface area contributed by atoms with Crippen LogP contribution in [0.15, 0.2) is 57.9 Å². The Hall–Kier alpha value is -2.59. The van der Waals surface area contributed by atoms with Crippen molar-refractivity contribution in [3.63, 3.8) is 0 Å². The fourth-order valence-electron chi connectivity index (χ4n) is 2.98. The van der Waals surface area contributed by atoms with Crippen LogP contribution in [0.5, 0.6) is 5.75 Å². The Labute approximate surface area is 161 Å². The SMILES string of the molecule is CCOc1ccc2oc(-c3ccc(C)cc3)cc(=NCCCN(C)C)c2c1. The van der Waals surface area contributed by atoms with Crippen LogP contribution in [0.4, 0.5) is 0 Å². The summed E-state index contributed by atoms with van der Waals surface area (Å²) in [6.07, 6.45) is 1.02. The maximum atomic E-state index is 6.18. The molecule has 0 unspecified atom stereocenters. The van der Waals surface area contributed by atoms with E-state index in [0.717, 1.165) is 52.9 Å². The van der Waals surface area contributed by atoms with Gasteiger partial charge in [-0.2, -0.15) is 0 Å². The molecule has 3 aromatic rings. The Morgan fingerprint density at radius 1 is 1.04 bits per heavy atom. The first-order valence-corrected chi connectivity index (χ1v) is 9.50. The van der Waals surface area contributed by atoms with Crippen molar-refractivity contribution in [3.8, 4) is 17.1 Å². The molecule has 0 fully saturated rings. The molecule has 0 atom stereocenters. The molecule has 0 aliphatic carbocycles. The molecule has 4 nitrogen and oxygen atoms in total. The molecule has 0 aliphatic rings. The zero-order valence-electron chi connectivity index (χ0n) is 16.7. The number of rotatable bonds is 7. The summed E-state index contributed by atoms with van der Waals surface area (Å²) in [6, 6.07) is 16.3. The van der Waals surface area contributed by atoms with E-state index in [-0.39, 0.29) is 0 Å². The van der Waals surface area contributed by atoms with E-state index in [4.69, 9.17) is 14.1 Å². The minimum absolute atomic E-state index is 0.638. The van der Waals surface area contributed by atoms with E-state index >= 15 is 0 Å². The van der Waals surface area contributed by atoms with Crippen molar-refractivity contribution < 1.29 is 9.15 Å². The summed E-state index contributed by atoms with van der Waals surface area (Å²) in [5.41, 5.74) is 3.11. The standard InChI is InChI=1S/C23H28N2O2/c1-5-26-19-11-12-22-20(15-19)21(24-13-6-14-25(3)4)16-23(27-22)18-9-7-17(2)8-10-18/h7-12,15-16H,5-6,13-14H2,1-4H3. The smallest absolute Gasteiger partial charge is 0.137 e. The summed E-state index contributed by atoms with van der Waals surface area (Å²) < 4.78 is 11.8. The van der Waals surface area contributed by atoms with Crippen molar-refractivity contribution in [2.45, 2.75) is 20.3 Å². The molecule has 0 N–H and O–H groups in total. The Balaban J connectivity index is 2.07. The van der Waals surface area contributed by atoms with Gasteiger partial charge in [-0.3, -0.25) is 4.99 Å². The average Bonchev–Trinajstić information content (AvgIpc) is 2.66. The van der Waals surface area contributed by atoms with Gasteiger partial charge in [0.05, 0.1) is 12.0 Å². The molecular formula is C23H28N2O2. The Morgan fingerprint density at radius 3 is 2.52 bits per heavy atom. The Kier molecular flexibility index (Phi) is 6.30. The molecule has 142 valence electrons. The van der Waals surface area contributed by atoms with Crippen LogP contribution in [0.3, 0.4) is 0 Å². The molecule has 0 radical (unpaired) electrons. The summed E-state index contributed by atoms with van der Waals surface area (Å²) in [5.74, 6) is 1.67. The van der Waals surface area contributed by atoms with Crippen LogP contribution in [0.1, 0.15) is 18.9 Å². The van der Waals surface area contributed by atoms with Crippen LogP contribution in [0.2, 0.25) is 0 Å². The summed E-state index contributed by atoms with van der Waals surface area (Å²) in [7, 11) is 4.17. The third-order valence-electron chi connectivity index (χ3n) is 4.41. The lowest BCUT2D eigenvalue weighted by Gasteiger charge is -2.09. The topological polar surface area (TPSA) is 38.0 Å². The fourth-order valence-corrected chi connectivity index (χ4v) is 2.98. The molecule has 0 aliphatic heterocycles. The van der Waals surface area contributed by atoms with Gasteiger partial charge in [0.25, 0.3) is 0 Å². The van der Waals surface area contributed by atoms with Crippen molar-refractivity contribution in [2.75, 3.05) is 33.8 Å². The minimum Gasteiger partial charge on any atom is -0.494 e. The maximum Gasteiger partial charge on any atom is 0.137 e. The highest BCUT2D eigenvalue weighted by molar-refractivity contribution is 5.80. The van der Waals surface area contributed by atoms with Gasteiger partial charge in [0, 0.05) is 23.6 Å². The van der Waals surface area contributed by atoms with Crippen LogP contribution < -0.4 is 10.1 Å². The van der Waals surface area contributed by atoms with Gasteiger partial charge in [-0.05, 0) is 59.1 Å². The molecule has 4 heteroatoms. The molecule has 1 aromatic heterocycles. The number of fused-ring (bicyclic) bond motifs is 1. The first-order valence-electron chi connectivity index (χ1n) is 9.50. The summed E-state index contributed by atoms with van der Waals surface area (Å²) in [4.78, 5) is 7.05. The van der Waals surface area contributed by atoms with Crippen molar-refractivity contribution in [1.29, 1.82) is 0 Å². The second-order valence-electron chi connectivity index (χ2n) is 6.99. The van der Waals surface area contributed by atoms with E-state index < -0.39 is 0 Å². The first kappa shape index (κ1) is 19.2. The number of hydrogen-bond donors (Lipinski definition) is 0. The van der Waals surface area contributed by atoms with Gasteiger partial charge in [-0.25, -0.2) is 0 Å². The normalized spacial score (nSPS) is 12.1. The molecule has 27 heavy (non-hydrogen) atoms. The van der Waals surface area contributed by atoms with Crippen LogP contribution in [-0.2, 0) is 0 Å². The van der Waals surface area contributed by atoms with Gasteiger partial charge in [0.15, 0.2) is 0 Å². The second-order valence-corrected chi connectivity index (χ2v) is 6.99. The van der Waals surface area contributed by atoms with E-state index in [1.165, 1.54) is 5.56 Å². The molecule has 3 rings (SSSR count). The Morgan fingerprint density at radius 2 is 1.81 bits per heavy atom. The van der Waals surface area contributed by atoms with Crippen molar-refractivity contribution in [3.05, 3.63) is 59.5 Å². The number of benzene rings is 2.